The van der Waals surface area contributed by atoms with E-state index in [1.54, 1.807) is 6.33 Å². The first-order valence-electron chi connectivity index (χ1n) is 6.89. The second-order valence-corrected chi connectivity index (χ2v) is 6.85. The van der Waals surface area contributed by atoms with Gasteiger partial charge >= 0.3 is 0 Å². The lowest BCUT2D eigenvalue weighted by Gasteiger charge is -2.22. The smallest absolute Gasteiger partial charge is 0.237 e. The molecule has 1 aliphatic heterocycles. The van der Waals surface area contributed by atoms with Gasteiger partial charge in [-0.15, -0.1) is 0 Å². The van der Waals surface area contributed by atoms with Gasteiger partial charge in [-0.05, 0) is 10.8 Å². The van der Waals surface area contributed by atoms with Crippen molar-refractivity contribution in [3.05, 3.63) is 17.7 Å². The number of carbonyl (C=O) groups is 1. The summed E-state index contributed by atoms with van der Waals surface area (Å²) in [5, 5.41) is 6.45. The molecule has 1 aromatic heterocycles. The number of hydrogen-bond acceptors (Lipinski definition) is 3. The Morgan fingerprint density at radius 3 is 2.68 bits per heavy atom. The molecule has 1 aliphatic carbocycles. The van der Waals surface area contributed by atoms with Gasteiger partial charge in [0.15, 0.2) is 0 Å². The van der Waals surface area contributed by atoms with E-state index in [1.165, 1.54) is 0 Å². The number of aromatic amines is 1. The largest absolute Gasteiger partial charge is 0.351 e. The number of hydrogen-bond donors (Lipinski definition) is 3. The zero-order chi connectivity index (χ0) is 13.8. The molecule has 104 valence electrons. The average molecular weight is 262 g/mol. The molecule has 1 atom stereocenters. The molecule has 0 aromatic carbocycles. The van der Waals surface area contributed by atoms with E-state index in [0.717, 1.165) is 11.4 Å². The molecule has 0 spiro atoms. The molecule has 3 N–H and O–H groups in total. The standard InChI is InChI=1S/C14H22N4O/c1-13(2)12(14(13,3)4)18-11(19)9-5-8-10(6-15-9)17-7-16-8/h7,9,12,15H,5-6H2,1-4H3,(H,16,17)(H,18,19). The second-order valence-electron chi connectivity index (χ2n) is 6.85. The summed E-state index contributed by atoms with van der Waals surface area (Å²) in [6, 6.07) is 0.0953. The van der Waals surface area contributed by atoms with Gasteiger partial charge in [-0.25, -0.2) is 4.98 Å². The Kier molecular flexibility index (Phi) is 2.55. The van der Waals surface area contributed by atoms with Crippen molar-refractivity contribution in [1.29, 1.82) is 0 Å². The van der Waals surface area contributed by atoms with Gasteiger partial charge in [-0.2, -0.15) is 0 Å². The summed E-state index contributed by atoms with van der Waals surface area (Å²) in [5.41, 5.74) is 2.45. The van der Waals surface area contributed by atoms with Crippen molar-refractivity contribution in [2.24, 2.45) is 10.8 Å². The highest BCUT2D eigenvalue weighted by Gasteiger charge is 2.65. The lowest BCUT2D eigenvalue weighted by molar-refractivity contribution is -0.123. The van der Waals surface area contributed by atoms with E-state index in [9.17, 15) is 4.79 Å². The zero-order valence-corrected chi connectivity index (χ0v) is 12.0. The lowest BCUT2D eigenvalue weighted by Crippen LogP contribution is -2.49. The minimum Gasteiger partial charge on any atom is -0.351 e. The molecule has 0 radical (unpaired) electrons. The Labute approximate surface area is 113 Å². The monoisotopic (exact) mass is 262 g/mol. The molecule has 1 aromatic rings. The number of amides is 1. The summed E-state index contributed by atoms with van der Waals surface area (Å²) < 4.78 is 0. The third-order valence-electron chi connectivity index (χ3n) is 5.35. The van der Waals surface area contributed by atoms with Gasteiger partial charge in [-0.1, -0.05) is 27.7 Å². The van der Waals surface area contributed by atoms with Crippen molar-refractivity contribution in [3.8, 4) is 0 Å². The first-order valence-corrected chi connectivity index (χ1v) is 6.89. The Balaban J connectivity index is 1.64. The van der Waals surface area contributed by atoms with Crippen molar-refractivity contribution in [2.45, 2.75) is 52.7 Å². The zero-order valence-electron chi connectivity index (χ0n) is 12.0. The third kappa shape index (κ3) is 1.79. The normalized spacial score (nSPS) is 27.7. The molecular formula is C14H22N4O. The SMILES string of the molecule is CC1(C)C(NC(=O)C2Cc3nc[nH]c3CN2)C1(C)C. The Morgan fingerprint density at radius 2 is 2.05 bits per heavy atom. The van der Waals surface area contributed by atoms with E-state index < -0.39 is 0 Å². The van der Waals surface area contributed by atoms with Crippen molar-refractivity contribution >= 4 is 5.91 Å². The van der Waals surface area contributed by atoms with Crippen molar-refractivity contribution in [2.75, 3.05) is 0 Å². The second kappa shape index (κ2) is 3.82. The minimum atomic E-state index is -0.164. The van der Waals surface area contributed by atoms with E-state index in [2.05, 4.69) is 48.3 Å². The molecule has 1 fully saturated rings. The predicted octanol–water partition coefficient (Wildman–Crippen LogP) is 0.975. The number of H-pyrrole nitrogens is 1. The quantitative estimate of drug-likeness (QED) is 0.744. The molecule has 1 unspecified atom stereocenters. The van der Waals surface area contributed by atoms with Crippen LogP contribution in [-0.2, 0) is 17.8 Å². The fourth-order valence-electron chi connectivity index (χ4n) is 3.15. The van der Waals surface area contributed by atoms with Crippen LogP contribution in [0.4, 0.5) is 0 Å². The molecular weight excluding hydrogens is 240 g/mol. The third-order valence-corrected chi connectivity index (χ3v) is 5.35. The topological polar surface area (TPSA) is 69.8 Å². The van der Waals surface area contributed by atoms with Crippen LogP contribution in [0.25, 0.3) is 0 Å². The van der Waals surface area contributed by atoms with Gasteiger partial charge in [-0.3, -0.25) is 10.1 Å². The van der Waals surface area contributed by atoms with Gasteiger partial charge in [0.2, 0.25) is 5.91 Å². The molecule has 5 nitrogen and oxygen atoms in total. The first-order chi connectivity index (χ1) is 8.84. The molecule has 3 rings (SSSR count). The average Bonchev–Trinajstić information content (AvgIpc) is 2.76. The molecule has 0 saturated heterocycles. The van der Waals surface area contributed by atoms with Gasteiger partial charge in [0, 0.05) is 19.0 Å². The van der Waals surface area contributed by atoms with Gasteiger partial charge in [0.25, 0.3) is 0 Å². The molecule has 19 heavy (non-hydrogen) atoms. The molecule has 0 bridgehead atoms. The highest BCUT2D eigenvalue weighted by atomic mass is 16.2. The summed E-state index contributed by atoms with van der Waals surface area (Å²) in [7, 11) is 0. The Bertz CT molecular complexity index is 503. The first kappa shape index (κ1) is 12.7. The summed E-state index contributed by atoms with van der Waals surface area (Å²) in [4.78, 5) is 19.7. The van der Waals surface area contributed by atoms with Crippen LogP contribution in [0.5, 0.6) is 0 Å². The highest BCUT2D eigenvalue weighted by molar-refractivity contribution is 5.83. The van der Waals surface area contributed by atoms with E-state index >= 15 is 0 Å². The molecule has 2 aliphatic rings. The van der Waals surface area contributed by atoms with E-state index in [-0.39, 0.29) is 28.8 Å². The van der Waals surface area contributed by atoms with Gasteiger partial charge in [0.1, 0.15) is 0 Å². The maximum absolute atomic E-state index is 12.3. The minimum absolute atomic E-state index is 0.0947. The van der Waals surface area contributed by atoms with Crippen LogP contribution in [0.2, 0.25) is 0 Å². The number of imidazole rings is 1. The van der Waals surface area contributed by atoms with Crippen LogP contribution < -0.4 is 10.6 Å². The maximum atomic E-state index is 12.3. The number of fused-ring (bicyclic) bond motifs is 1. The summed E-state index contributed by atoms with van der Waals surface area (Å²) >= 11 is 0. The molecule has 2 heterocycles. The summed E-state index contributed by atoms with van der Waals surface area (Å²) in [6.45, 7) is 9.51. The van der Waals surface area contributed by atoms with Crippen LogP contribution >= 0.6 is 0 Å². The predicted molar refractivity (Wildman–Crippen MR) is 72.4 cm³/mol. The van der Waals surface area contributed by atoms with Gasteiger partial charge < -0.3 is 10.3 Å². The van der Waals surface area contributed by atoms with Crippen LogP contribution in [0.1, 0.15) is 39.1 Å². The van der Waals surface area contributed by atoms with Crippen LogP contribution in [0.15, 0.2) is 6.33 Å². The number of carbonyl (C=O) groups excluding carboxylic acids is 1. The number of aromatic nitrogens is 2. The number of nitrogens with zero attached hydrogens (tertiary/aromatic N) is 1. The fourth-order valence-corrected chi connectivity index (χ4v) is 3.15. The van der Waals surface area contributed by atoms with Crippen LogP contribution in [-0.4, -0.2) is 28.0 Å². The highest BCUT2D eigenvalue weighted by Crippen LogP contribution is 2.62. The van der Waals surface area contributed by atoms with Crippen molar-refractivity contribution < 1.29 is 4.79 Å². The van der Waals surface area contributed by atoms with E-state index in [1.807, 2.05) is 0 Å². The Hall–Kier alpha value is -1.36. The van der Waals surface area contributed by atoms with Crippen LogP contribution in [0.3, 0.4) is 0 Å². The van der Waals surface area contributed by atoms with Crippen LogP contribution in [0, 0.1) is 10.8 Å². The summed E-state index contributed by atoms with van der Waals surface area (Å²) in [6.07, 6.45) is 2.36. The number of rotatable bonds is 2. The number of nitrogens with one attached hydrogen (secondary N) is 3. The van der Waals surface area contributed by atoms with Crippen molar-refractivity contribution in [3.63, 3.8) is 0 Å². The van der Waals surface area contributed by atoms with E-state index in [4.69, 9.17) is 0 Å². The van der Waals surface area contributed by atoms with Gasteiger partial charge in [0.05, 0.1) is 23.8 Å². The maximum Gasteiger partial charge on any atom is 0.237 e. The molecule has 5 heteroatoms. The van der Waals surface area contributed by atoms with E-state index in [0.29, 0.717) is 13.0 Å². The summed E-state index contributed by atoms with van der Waals surface area (Å²) in [5.74, 6) is 0.0947. The van der Waals surface area contributed by atoms with Crippen molar-refractivity contribution in [1.82, 2.24) is 20.6 Å². The fraction of sp³-hybridized carbons (Fsp3) is 0.714. The lowest BCUT2D eigenvalue weighted by atomic mass is 10.0. The molecule has 1 saturated carbocycles. The molecule has 1 amide bonds. The Morgan fingerprint density at radius 1 is 1.37 bits per heavy atom.